The molecule has 0 aliphatic carbocycles. The molecule has 0 heterocycles. The highest BCUT2D eigenvalue weighted by Gasteiger charge is 2.33. The summed E-state index contributed by atoms with van der Waals surface area (Å²) >= 11 is 3.42. The number of para-hydroxylation sites is 2. The second-order valence-electron chi connectivity index (χ2n) is 9.71. The SMILES string of the molecule is CCOc1ccccc1N(CC(=O)N(Cc1ccc(Br)cc1)[C@H](C)C(=O)NC(C)C)S(=O)(=O)c1ccc(C)cc1. The number of halogens is 1. The zero-order valence-corrected chi connectivity index (χ0v) is 25.8. The number of ether oxygens (including phenoxy) is 1. The van der Waals surface area contributed by atoms with E-state index in [9.17, 15) is 18.0 Å². The van der Waals surface area contributed by atoms with E-state index < -0.39 is 28.5 Å². The first kappa shape index (κ1) is 31.2. The summed E-state index contributed by atoms with van der Waals surface area (Å²) in [5.74, 6) is -0.530. The minimum atomic E-state index is -4.18. The standard InChI is InChI=1S/C30H36BrN3O5S/c1-6-39-28-10-8-7-9-27(28)34(40(37,38)26-17-11-22(4)12-18-26)20-29(35)33(23(5)30(36)32-21(2)3)19-24-13-15-25(31)16-14-24/h7-18,21,23H,6,19-20H2,1-5H3,(H,32,36)/t23-/m1/s1. The summed E-state index contributed by atoms with van der Waals surface area (Å²) in [7, 11) is -4.18. The molecule has 3 aromatic rings. The van der Waals surface area contributed by atoms with E-state index in [1.54, 1.807) is 50.2 Å². The van der Waals surface area contributed by atoms with Gasteiger partial charge in [-0.3, -0.25) is 13.9 Å². The predicted molar refractivity (Wildman–Crippen MR) is 161 cm³/mol. The minimum absolute atomic E-state index is 0.0438. The molecule has 0 fully saturated rings. The van der Waals surface area contributed by atoms with Crippen LogP contribution in [0.25, 0.3) is 0 Å². The molecule has 3 rings (SSSR count). The summed E-state index contributed by atoms with van der Waals surface area (Å²) < 4.78 is 35.7. The highest BCUT2D eigenvalue weighted by molar-refractivity contribution is 9.10. The van der Waals surface area contributed by atoms with Crippen molar-refractivity contribution in [2.24, 2.45) is 0 Å². The maximum atomic E-state index is 14.0. The summed E-state index contributed by atoms with van der Waals surface area (Å²) in [6.07, 6.45) is 0. The Bertz CT molecular complexity index is 1410. The number of aryl methyl sites for hydroxylation is 1. The summed E-state index contributed by atoms with van der Waals surface area (Å²) in [4.78, 5) is 28.5. The molecule has 10 heteroatoms. The van der Waals surface area contributed by atoms with Gasteiger partial charge in [-0.1, -0.05) is 57.9 Å². The van der Waals surface area contributed by atoms with Gasteiger partial charge in [-0.2, -0.15) is 0 Å². The highest BCUT2D eigenvalue weighted by atomic mass is 79.9. The Balaban J connectivity index is 2.08. The van der Waals surface area contributed by atoms with Gasteiger partial charge in [-0.15, -0.1) is 0 Å². The number of anilines is 1. The van der Waals surface area contributed by atoms with Crippen LogP contribution in [-0.4, -0.2) is 50.4 Å². The Morgan fingerprint density at radius 2 is 1.57 bits per heavy atom. The average Bonchev–Trinajstić information content (AvgIpc) is 2.91. The van der Waals surface area contributed by atoms with Crippen molar-refractivity contribution in [2.45, 2.75) is 58.1 Å². The Kier molecular flexibility index (Phi) is 10.8. The van der Waals surface area contributed by atoms with Gasteiger partial charge < -0.3 is 15.0 Å². The fraction of sp³-hybridized carbons (Fsp3) is 0.333. The third-order valence-electron chi connectivity index (χ3n) is 6.19. The van der Waals surface area contributed by atoms with Gasteiger partial charge in [0.05, 0.1) is 17.2 Å². The van der Waals surface area contributed by atoms with E-state index in [-0.39, 0.29) is 29.1 Å². The number of rotatable bonds is 12. The molecule has 214 valence electrons. The second kappa shape index (κ2) is 13.8. The molecular formula is C30H36BrN3O5S. The lowest BCUT2D eigenvalue weighted by Crippen LogP contribution is -2.52. The lowest BCUT2D eigenvalue weighted by molar-refractivity contribution is -0.139. The Labute approximate surface area is 245 Å². The number of sulfonamides is 1. The van der Waals surface area contributed by atoms with Crippen molar-refractivity contribution in [3.63, 3.8) is 0 Å². The van der Waals surface area contributed by atoms with Crippen molar-refractivity contribution < 1.29 is 22.7 Å². The topological polar surface area (TPSA) is 96.0 Å². The van der Waals surface area contributed by atoms with Crippen LogP contribution >= 0.6 is 15.9 Å². The molecule has 1 atom stereocenters. The number of carbonyl (C=O) groups is 2. The van der Waals surface area contributed by atoms with Gasteiger partial charge in [-0.25, -0.2) is 8.42 Å². The van der Waals surface area contributed by atoms with Gasteiger partial charge in [-0.05, 0) is 76.6 Å². The number of nitrogens with one attached hydrogen (secondary N) is 1. The van der Waals surface area contributed by atoms with Crippen LogP contribution in [0.5, 0.6) is 5.75 Å². The van der Waals surface area contributed by atoms with Crippen LogP contribution in [0.3, 0.4) is 0 Å². The number of hydrogen-bond donors (Lipinski definition) is 1. The van der Waals surface area contributed by atoms with Crippen LogP contribution in [0.1, 0.15) is 38.8 Å². The molecule has 0 saturated carbocycles. The smallest absolute Gasteiger partial charge is 0.264 e. The van der Waals surface area contributed by atoms with Gasteiger partial charge in [0.15, 0.2) is 0 Å². The number of nitrogens with zero attached hydrogens (tertiary/aromatic N) is 2. The molecule has 0 unspecified atom stereocenters. The predicted octanol–water partition coefficient (Wildman–Crippen LogP) is 5.29. The van der Waals surface area contributed by atoms with Crippen LogP contribution in [0.15, 0.2) is 82.2 Å². The number of benzene rings is 3. The van der Waals surface area contributed by atoms with Gasteiger partial charge in [0.1, 0.15) is 18.3 Å². The second-order valence-corrected chi connectivity index (χ2v) is 12.5. The molecule has 0 aliphatic rings. The molecule has 1 N–H and O–H groups in total. The van der Waals surface area contributed by atoms with Crippen molar-refractivity contribution in [2.75, 3.05) is 17.5 Å². The van der Waals surface area contributed by atoms with Gasteiger partial charge in [0.25, 0.3) is 10.0 Å². The average molecular weight is 631 g/mol. The van der Waals surface area contributed by atoms with Crippen LogP contribution in [-0.2, 0) is 26.2 Å². The lowest BCUT2D eigenvalue weighted by atomic mass is 10.1. The Morgan fingerprint density at radius 3 is 2.17 bits per heavy atom. The molecule has 8 nitrogen and oxygen atoms in total. The van der Waals surface area contributed by atoms with E-state index >= 15 is 0 Å². The number of carbonyl (C=O) groups excluding carboxylic acids is 2. The van der Waals surface area contributed by atoms with Crippen molar-refractivity contribution in [1.29, 1.82) is 0 Å². The normalized spacial score (nSPS) is 12.1. The first-order valence-electron chi connectivity index (χ1n) is 13.1. The molecule has 0 radical (unpaired) electrons. The Hall–Kier alpha value is -3.37. The van der Waals surface area contributed by atoms with Gasteiger partial charge >= 0.3 is 0 Å². The van der Waals surface area contributed by atoms with Crippen molar-refractivity contribution in [3.05, 3.63) is 88.4 Å². The maximum absolute atomic E-state index is 14.0. The van der Waals surface area contributed by atoms with Crippen molar-refractivity contribution in [1.82, 2.24) is 10.2 Å². The first-order chi connectivity index (χ1) is 18.9. The summed E-state index contributed by atoms with van der Waals surface area (Å²) in [5, 5.41) is 2.85. The fourth-order valence-corrected chi connectivity index (χ4v) is 5.75. The van der Waals surface area contributed by atoms with Gasteiger partial charge in [0.2, 0.25) is 11.8 Å². The molecule has 2 amide bonds. The molecule has 3 aromatic carbocycles. The molecule has 0 spiro atoms. The van der Waals surface area contributed by atoms with Crippen LogP contribution in [0.2, 0.25) is 0 Å². The molecular weight excluding hydrogens is 594 g/mol. The highest BCUT2D eigenvalue weighted by Crippen LogP contribution is 2.33. The summed E-state index contributed by atoms with van der Waals surface area (Å²) in [6.45, 7) is 8.88. The van der Waals surface area contributed by atoms with E-state index in [4.69, 9.17) is 4.74 Å². The van der Waals surface area contributed by atoms with E-state index in [1.165, 1.54) is 17.0 Å². The zero-order valence-electron chi connectivity index (χ0n) is 23.4. The van der Waals surface area contributed by atoms with Crippen molar-refractivity contribution >= 4 is 43.5 Å². The molecule has 0 aromatic heterocycles. The monoisotopic (exact) mass is 629 g/mol. The van der Waals surface area contributed by atoms with Crippen molar-refractivity contribution in [3.8, 4) is 5.75 Å². The van der Waals surface area contributed by atoms with E-state index in [0.717, 1.165) is 19.9 Å². The molecule has 0 aliphatic heterocycles. The maximum Gasteiger partial charge on any atom is 0.264 e. The quantitative estimate of drug-likeness (QED) is 0.294. The van der Waals surface area contributed by atoms with Crippen LogP contribution in [0, 0.1) is 6.92 Å². The summed E-state index contributed by atoms with van der Waals surface area (Å²) in [5.41, 5.74) is 1.94. The number of amides is 2. The molecule has 0 saturated heterocycles. The summed E-state index contributed by atoms with van der Waals surface area (Å²) in [6, 6.07) is 19.6. The van der Waals surface area contributed by atoms with E-state index in [1.807, 2.05) is 45.0 Å². The fourth-order valence-electron chi connectivity index (χ4n) is 4.07. The Morgan fingerprint density at radius 1 is 0.950 bits per heavy atom. The van der Waals surface area contributed by atoms with E-state index in [0.29, 0.717) is 12.4 Å². The zero-order chi connectivity index (χ0) is 29.4. The largest absolute Gasteiger partial charge is 0.492 e. The van der Waals surface area contributed by atoms with E-state index in [2.05, 4.69) is 21.2 Å². The molecule has 40 heavy (non-hydrogen) atoms. The third kappa shape index (κ3) is 7.85. The lowest BCUT2D eigenvalue weighted by Gasteiger charge is -2.32. The minimum Gasteiger partial charge on any atom is -0.492 e. The first-order valence-corrected chi connectivity index (χ1v) is 15.3. The van der Waals surface area contributed by atoms with Gasteiger partial charge in [0, 0.05) is 17.1 Å². The van der Waals surface area contributed by atoms with Crippen LogP contribution < -0.4 is 14.4 Å². The number of hydrogen-bond acceptors (Lipinski definition) is 5. The third-order valence-corrected chi connectivity index (χ3v) is 8.49. The molecule has 0 bridgehead atoms. The van der Waals surface area contributed by atoms with Crippen LogP contribution in [0.4, 0.5) is 5.69 Å².